The zero-order chi connectivity index (χ0) is 25.0. The molecule has 0 amide bonds. The molecule has 6 rings (SSSR count). The van der Waals surface area contributed by atoms with Gasteiger partial charge in [0.25, 0.3) is 0 Å². The van der Waals surface area contributed by atoms with Crippen molar-refractivity contribution in [3.63, 3.8) is 0 Å². The van der Waals surface area contributed by atoms with Crippen molar-refractivity contribution in [1.82, 2.24) is 14.6 Å². The molecule has 4 aromatic rings. The Morgan fingerprint density at radius 1 is 0.865 bits per heavy atom. The first-order valence-electron chi connectivity index (χ1n) is 12.8. The Kier molecular flexibility index (Phi) is 6.70. The van der Waals surface area contributed by atoms with Gasteiger partial charge in [-0.25, -0.2) is 4.98 Å². The number of morpholine rings is 2. The Hall–Kier alpha value is -3.95. The van der Waals surface area contributed by atoms with Gasteiger partial charge in [-0.1, -0.05) is 42.0 Å². The molecule has 1 N–H and O–H groups in total. The SMILES string of the molecule is Cc1cccc(C=NNc2cc(N3CCOCC3)n3nc(-c4ccc(N5CCOCC5)cc4)cc3n2)c1. The largest absolute Gasteiger partial charge is 0.378 e. The third kappa shape index (κ3) is 5.28. The van der Waals surface area contributed by atoms with Crippen LogP contribution >= 0.6 is 0 Å². The number of hydrogen-bond acceptors (Lipinski definition) is 8. The first-order chi connectivity index (χ1) is 18.2. The average molecular weight is 498 g/mol. The predicted molar refractivity (Wildman–Crippen MR) is 147 cm³/mol. The molecule has 2 aliphatic rings. The van der Waals surface area contributed by atoms with Gasteiger partial charge >= 0.3 is 0 Å². The van der Waals surface area contributed by atoms with Crippen LogP contribution in [0, 0.1) is 6.92 Å². The minimum absolute atomic E-state index is 0.673. The zero-order valence-corrected chi connectivity index (χ0v) is 21.0. The molecular weight excluding hydrogens is 466 g/mol. The highest BCUT2D eigenvalue weighted by Crippen LogP contribution is 2.27. The normalized spacial score (nSPS) is 16.6. The van der Waals surface area contributed by atoms with Gasteiger partial charge in [0, 0.05) is 49.6 Å². The Balaban J connectivity index is 1.30. The van der Waals surface area contributed by atoms with Crippen LogP contribution in [0.25, 0.3) is 16.9 Å². The summed E-state index contributed by atoms with van der Waals surface area (Å²) in [4.78, 5) is 9.45. The molecule has 2 saturated heterocycles. The monoisotopic (exact) mass is 497 g/mol. The zero-order valence-electron chi connectivity index (χ0n) is 21.0. The maximum atomic E-state index is 5.58. The molecule has 0 saturated carbocycles. The van der Waals surface area contributed by atoms with Crippen LogP contribution in [0.5, 0.6) is 0 Å². The van der Waals surface area contributed by atoms with Gasteiger partial charge in [-0.05, 0) is 24.6 Å². The Morgan fingerprint density at radius 2 is 1.59 bits per heavy atom. The number of hydrazone groups is 1. The van der Waals surface area contributed by atoms with E-state index >= 15 is 0 Å². The molecule has 0 spiro atoms. The third-order valence-electron chi connectivity index (χ3n) is 6.72. The second-order valence-corrected chi connectivity index (χ2v) is 9.33. The fraction of sp³-hybridized carbons (Fsp3) is 0.321. The molecule has 9 heteroatoms. The summed E-state index contributed by atoms with van der Waals surface area (Å²) < 4.78 is 13.0. The number of anilines is 3. The van der Waals surface area contributed by atoms with Crippen LogP contribution in [-0.2, 0) is 9.47 Å². The summed E-state index contributed by atoms with van der Waals surface area (Å²) in [6.07, 6.45) is 1.81. The summed E-state index contributed by atoms with van der Waals surface area (Å²) in [5.41, 5.74) is 9.27. The number of aryl methyl sites for hydroxylation is 1. The standard InChI is InChI=1S/C28H31N7O2/c1-21-3-2-4-22(17-21)20-29-31-26-19-28(34-11-15-37-16-12-34)35-27(30-26)18-25(32-35)23-5-7-24(8-6-23)33-9-13-36-14-10-33/h2-8,17-20H,9-16H2,1H3,(H,30,31). The van der Waals surface area contributed by atoms with Crippen molar-refractivity contribution in [3.8, 4) is 11.3 Å². The van der Waals surface area contributed by atoms with Crippen molar-refractivity contribution in [2.75, 3.05) is 67.8 Å². The fourth-order valence-corrected chi connectivity index (χ4v) is 4.76. The first-order valence-corrected chi connectivity index (χ1v) is 12.8. The van der Waals surface area contributed by atoms with Crippen LogP contribution in [0.1, 0.15) is 11.1 Å². The molecular formula is C28H31N7O2. The van der Waals surface area contributed by atoms with Crippen LogP contribution in [0.15, 0.2) is 65.8 Å². The summed E-state index contributed by atoms with van der Waals surface area (Å²) in [5, 5.41) is 9.39. The number of aromatic nitrogens is 3. The van der Waals surface area contributed by atoms with Gasteiger partial charge in [-0.3, -0.25) is 5.43 Å². The van der Waals surface area contributed by atoms with E-state index in [4.69, 9.17) is 19.6 Å². The number of ether oxygens (including phenoxy) is 2. The molecule has 190 valence electrons. The number of nitrogens with one attached hydrogen (secondary N) is 1. The van der Waals surface area contributed by atoms with Crippen molar-refractivity contribution in [3.05, 3.63) is 71.8 Å². The van der Waals surface area contributed by atoms with E-state index in [1.807, 2.05) is 35.0 Å². The minimum atomic E-state index is 0.673. The number of nitrogens with zero attached hydrogens (tertiary/aromatic N) is 6. The van der Waals surface area contributed by atoms with E-state index in [1.165, 1.54) is 11.3 Å². The number of rotatable bonds is 6. The lowest BCUT2D eigenvalue weighted by Gasteiger charge is -2.29. The fourth-order valence-electron chi connectivity index (χ4n) is 4.76. The lowest BCUT2D eigenvalue weighted by atomic mass is 10.1. The van der Waals surface area contributed by atoms with Crippen LogP contribution in [0.3, 0.4) is 0 Å². The highest BCUT2D eigenvalue weighted by atomic mass is 16.5. The number of hydrogen-bond donors (Lipinski definition) is 1. The van der Waals surface area contributed by atoms with Crippen LogP contribution < -0.4 is 15.2 Å². The molecule has 2 aliphatic heterocycles. The summed E-state index contributed by atoms with van der Waals surface area (Å²) in [6, 6.07) is 20.8. The van der Waals surface area contributed by atoms with Crippen molar-refractivity contribution in [2.24, 2.45) is 5.10 Å². The lowest BCUT2D eigenvalue weighted by Crippen LogP contribution is -2.37. The molecule has 2 aromatic carbocycles. The molecule has 0 atom stereocenters. The molecule has 2 aromatic heterocycles. The lowest BCUT2D eigenvalue weighted by molar-refractivity contribution is 0.122. The summed E-state index contributed by atoms with van der Waals surface area (Å²) in [6.45, 7) is 8.44. The second-order valence-electron chi connectivity index (χ2n) is 9.33. The van der Waals surface area contributed by atoms with Crippen molar-refractivity contribution in [1.29, 1.82) is 0 Å². The average Bonchev–Trinajstić information content (AvgIpc) is 3.38. The third-order valence-corrected chi connectivity index (χ3v) is 6.72. The Bertz CT molecular complexity index is 1390. The summed E-state index contributed by atoms with van der Waals surface area (Å²) in [7, 11) is 0. The van der Waals surface area contributed by atoms with E-state index < -0.39 is 0 Å². The van der Waals surface area contributed by atoms with Crippen LogP contribution in [-0.4, -0.2) is 73.4 Å². The second kappa shape index (κ2) is 10.6. The van der Waals surface area contributed by atoms with E-state index in [1.54, 1.807) is 0 Å². The maximum Gasteiger partial charge on any atom is 0.160 e. The van der Waals surface area contributed by atoms with Crippen molar-refractivity contribution >= 4 is 29.2 Å². The van der Waals surface area contributed by atoms with Gasteiger partial charge in [-0.15, -0.1) is 0 Å². The van der Waals surface area contributed by atoms with E-state index in [9.17, 15) is 0 Å². The van der Waals surface area contributed by atoms with Crippen LogP contribution in [0.4, 0.5) is 17.3 Å². The Labute approximate surface area is 216 Å². The highest BCUT2D eigenvalue weighted by Gasteiger charge is 2.19. The van der Waals surface area contributed by atoms with Crippen molar-refractivity contribution < 1.29 is 9.47 Å². The number of fused-ring (bicyclic) bond motifs is 1. The molecule has 0 aliphatic carbocycles. The quantitative estimate of drug-likeness (QED) is 0.320. The molecule has 4 heterocycles. The minimum Gasteiger partial charge on any atom is -0.378 e. The van der Waals surface area contributed by atoms with Gasteiger partial charge in [-0.2, -0.15) is 14.7 Å². The highest BCUT2D eigenvalue weighted by molar-refractivity contribution is 5.80. The topological polar surface area (TPSA) is 79.5 Å². The molecule has 0 radical (unpaired) electrons. The van der Waals surface area contributed by atoms with E-state index in [0.29, 0.717) is 19.0 Å². The smallest absolute Gasteiger partial charge is 0.160 e. The van der Waals surface area contributed by atoms with Crippen LogP contribution in [0.2, 0.25) is 0 Å². The van der Waals surface area contributed by atoms with Gasteiger partial charge < -0.3 is 19.3 Å². The maximum absolute atomic E-state index is 5.58. The Morgan fingerprint density at radius 3 is 2.32 bits per heavy atom. The number of benzene rings is 2. The van der Waals surface area contributed by atoms with Crippen molar-refractivity contribution in [2.45, 2.75) is 6.92 Å². The van der Waals surface area contributed by atoms with Gasteiger partial charge in [0.2, 0.25) is 0 Å². The van der Waals surface area contributed by atoms with E-state index in [0.717, 1.165) is 67.7 Å². The predicted octanol–water partition coefficient (Wildman–Crippen LogP) is 3.82. The van der Waals surface area contributed by atoms with Gasteiger partial charge in [0.15, 0.2) is 11.5 Å². The first kappa shape index (κ1) is 23.4. The molecule has 9 nitrogen and oxygen atoms in total. The molecule has 0 unspecified atom stereocenters. The van der Waals surface area contributed by atoms with Gasteiger partial charge in [0.05, 0.1) is 38.3 Å². The van der Waals surface area contributed by atoms with E-state index in [-0.39, 0.29) is 0 Å². The summed E-state index contributed by atoms with van der Waals surface area (Å²) >= 11 is 0. The van der Waals surface area contributed by atoms with Gasteiger partial charge in [0.1, 0.15) is 5.82 Å². The molecule has 0 bridgehead atoms. The summed E-state index contributed by atoms with van der Waals surface area (Å²) in [5.74, 6) is 1.64. The molecule has 2 fully saturated rings. The van der Waals surface area contributed by atoms with E-state index in [2.05, 4.69) is 63.6 Å². The molecule has 37 heavy (non-hydrogen) atoms.